The second-order valence-corrected chi connectivity index (χ2v) is 5.53. The molecule has 0 saturated carbocycles. The first-order valence-corrected chi connectivity index (χ1v) is 6.30. The molecule has 5 heteroatoms. The highest BCUT2D eigenvalue weighted by atomic mass is 16.2. The Hall–Kier alpha value is -1.07. The van der Waals surface area contributed by atoms with Crippen molar-refractivity contribution < 1.29 is 14.4 Å². The summed E-state index contributed by atoms with van der Waals surface area (Å²) >= 11 is 0. The molecule has 2 atom stereocenters. The van der Waals surface area contributed by atoms with Gasteiger partial charge in [0.15, 0.2) is 0 Å². The molecule has 0 radical (unpaired) electrons. The van der Waals surface area contributed by atoms with Crippen LogP contribution < -0.4 is 11.5 Å². The first-order chi connectivity index (χ1) is 8.16. The van der Waals surface area contributed by atoms with E-state index < -0.39 is 29.4 Å². The molecule has 0 amide bonds. The molecule has 0 aliphatic heterocycles. The maximum Gasteiger partial charge on any atom is 0.267 e. The summed E-state index contributed by atoms with van der Waals surface area (Å²) in [7, 11) is 0. The van der Waals surface area contributed by atoms with Crippen molar-refractivity contribution in [3.8, 4) is 0 Å². The normalized spacial score (nSPS) is 14.7. The van der Waals surface area contributed by atoms with Gasteiger partial charge in [0.05, 0.1) is 12.1 Å². The number of Topliss-reactive ketones (excluding diaryl/α,β-unsaturated/α-hetero) is 3. The van der Waals surface area contributed by atoms with Crippen LogP contribution in [0.5, 0.6) is 0 Å². The van der Waals surface area contributed by atoms with E-state index in [9.17, 15) is 14.4 Å². The van der Waals surface area contributed by atoms with Gasteiger partial charge in [-0.2, -0.15) is 0 Å². The fraction of sp³-hybridized carbons (Fsp3) is 0.769. The number of hydrogen-bond donors (Lipinski definition) is 2. The van der Waals surface area contributed by atoms with E-state index in [0.29, 0.717) is 12.8 Å². The van der Waals surface area contributed by atoms with E-state index in [1.807, 2.05) is 27.7 Å². The lowest BCUT2D eigenvalue weighted by Crippen LogP contribution is -2.46. The monoisotopic (exact) mass is 256 g/mol. The zero-order valence-corrected chi connectivity index (χ0v) is 11.6. The molecule has 0 saturated heterocycles. The summed E-state index contributed by atoms with van der Waals surface area (Å²) in [6.07, 6.45) is 0.772. The molecule has 0 unspecified atom stereocenters. The summed E-state index contributed by atoms with van der Waals surface area (Å²) in [4.78, 5) is 34.9. The van der Waals surface area contributed by atoms with Gasteiger partial charge >= 0.3 is 0 Å². The molecule has 0 fully saturated rings. The average molecular weight is 256 g/mol. The van der Waals surface area contributed by atoms with E-state index in [2.05, 4.69) is 0 Å². The van der Waals surface area contributed by atoms with Gasteiger partial charge in [-0.3, -0.25) is 14.4 Å². The van der Waals surface area contributed by atoms with Crippen LogP contribution in [0.3, 0.4) is 0 Å². The SMILES string of the molecule is CC(C)C[C@H](N)C(=O)C(=O)C(=O)[C@@H](N)CC(C)C. The molecule has 0 bridgehead atoms. The third-order valence-electron chi connectivity index (χ3n) is 2.57. The number of nitrogens with two attached hydrogens (primary N) is 2. The second-order valence-electron chi connectivity index (χ2n) is 5.53. The fourth-order valence-electron chi connectivity index (χ4n) is 1.69. The molecule has 0 rings (SSSR count). The van der Waals surface area contributed by atoms with Crippen molar-refractivity contribution in [2.75, 3.05) is 0 Å². The highest BCUT2D eigenvalue weighted by Crippen LogP contribution is 2.07. The van der Waals surface area contributed by atoms with Crippen LogP contribution in [0.4, 0.5) is 0 Å². The van der Waals surface area contributed by atoms with Gasteiger partial charge < -0.3 is 11.5 Å². The third-order valence-corrected chi connectivity index (χ3v) is 2.57. The minimum Gasteiger partial charge on any atom is -0.321 e. The minimum atomic E-state index is -1.06. The smallest absolute Gasteiger partial charge is 0.267 e. The van der Waals surface area contributed by atoms with Gasteiger partial charge in [-0.25, -0.2) is 0 Å². The van der Waals surface area contributed by atoms with Crippen LogP contribution in [-0.4, -0.2) is 29.4 Å². The number of carbonyl (C=O) groups is 3. The van der Waals surface area contributed by atoms with Gasteiger partial charge in [-0.1, -0.05) is 27.7 Å². The first-order valence-electron chi connectivity index (χ1n) is 6.30. The molecular weight excluding hydrogens is 232 g/mol. The quantitative estimate of drug-likeness (QED) is 0.484. The topological polar surface area (TPSA) is 103 Å². The van der Waals surface area contributed by atoms with Crippen molar-refractivity contribution in [3.05, 3.63) is 0 Å². The number of hydrogen-bond acceptors (Lipinski definition) is 5. The van der Waals surface area contributed by atoms with Crippen LogP contribution in [0.15, 0.2) is 0 Å². The van der Waals surface area contributed by atoms with E-state index >= 15 is 0 Å². The molecule has 0 heterocycles. The van der Waals surface area contributed by atoms with Crippen LogP contribution >= 0.6 is 0 Å². The Morgan fingerprint density at radius 3 is 1.28 bits per heavy atom. The van der Waals surface area contributed by atoms with Crippen LogP contribution in [0.1, 0.15) is 40.5 Å². The molecule has 0 spiro atoms. The van der Waals surface area contributed by atoms with Crippen LogP contribution in [0.25, 0.3) is 0 Å². The molecule has 0 aliphatic rings. The average Bonchev–Trinajstić information content (AvgIpc) is 2.24. The standard InChI is InChI=1S/C13H24N2O3/c1-7(2)5-9(14)11(16)13(18)12(17)10(15)6-8(3)4/h7-10H,5-6,14-15H2,1-4H3/t9-,10-/m0/s1. The summed E-state index contributed by atoms with van der Waals surface area (Å²) in [6, 6.07) is -1.82. The second kappa shape index (κ2) is 7.38. The Morgan fingerprint density at radius 2 is 1.06 bits per heavy atom. The van der Waals surface area contributed by atoms with Crippen LogP contribution in [0, 0.1) is 11.8 Å². The zero-order valence-electron chi connectivity index (χ0n) is 11.6. The molecular formula is C13H24N2O3. The minimum absolute atomic E-state index is 0.191. The van der Waals surface area contributed by atoms with Crippen molar-refractivity contribution in [3.63, 3.8) is 0 Å². The molecule has 0 aromatic rings. The lowest BCUT2D eigenvalue weighted by atomic mass is 9.93. The van der Waals surface area contributed by atoms with Crippen molar-refractivity contribution >= 4 is 17.3 Å². The van der Waals surface area contributed by atoms with Crippen LogP contribution in [-0.2, 0) is 14.4 Å². The van der Waals surface area contributed by atoms with Crippen molar-refractivity contribution in [2.24, 2.45) is 23.3 Å². The van der Waals surface area contributed by atoms with Gasteiger partial charge in [-0.15, -0.1) is 0 Å². The van der Waals surface area contributed by atoms with Gasteiger partial charge in [-0.05, 0) is 24.7 Å². The number of ketones is 3. The maximum absolute atomic E-state index is 11.7. The lowest BCUT2D eigenvalue weighted by Gasteiger charge is -2.14. The van der Waals surface area contributed by atoms with E-state index in [-0.39, 0.29) is 11.8 Å². The van der Waals surface area contributed by atoms with E-state index in [1.165, 1.54) is 0 Å². The highest BCUT2D eigenvalue weighted by molar-refractivity contribution is 6.65. The van der Waals surface area contributed by atoms with Crippen molar-refractivity contribution in [2.45, 2.75) is 52.6 Å². The molecule has 0 aromatic carbocycles. The summed E-state index contributed by atoms with van der Waals surface area (Å²) in [6.45, 7) is 7.57. The summed E-state index contributed by atoms with van der Waals surface area (Å²) in [5.74, 6) is -2.33. The summed E-state index contributed by atoms with van der Waals surface area (Å²) in [5, 5.41) is 0. The van der Waals surface area contributed by atoms with Gasteiger partial charge in [0.1, 0.15) is 0 Å². The fourth-order valence-corrected chi connectivity index (χ4v) is 1.69. The molecule has 18 heavy (non-hydrogen) atoms. The Bertz CT molecular complexity index is 294. The molecule has 0 aromatic heterocycles. The molecule has 5 nitrogen and oxygen atoms in total. The first kappa shape index (κ1) is 16.9. The van der Waals surface area contributed by atoms with E-state index in [4.69, 9.17) is 11.5 Å². The zero-order chi connectivity index (χ0) is 14.5. The Labute approximate surface area is 108 Å². The van der Waals surface area contributed by atoms with Crippen LogP contribution in [0.2, 0.25) is 0 Å². The lowest BCUT2D eigenvalue weighted by molar-refractivity contribution is -0.145. The predicted molar refractivity (Wildman–Crippen MR) is 69.9 cm³/mol. The number of carbonyl (C=O) groups excluding carboxylic acids is 3. The Balaban J connectivity index is 4.54. The Kier molecular flexibility index (Phi) is 6.94. The summed E-state index contributed by atoms with van der Waals surface area (Å²) < 4.78 is 0. The highest BCUT2D eigenvalue weighted by Gasteiger charge is 2.31. The summed E-state index contributed by atoms with van der Waals surface area (Å²) in [5.41, 5.74) is 11.2. The molecule has 4 N–H and O–H groups in total. The van der Waals surface area contributed by atoms with Gasteiger partial charge in [0.2, 0.25) is 11.6 Å². The van der Waals surface area contributed by atoms with Crippen molar-refractivity contribution in [1.29, 1.82) is 0 Å². The number of rotatable bonds is 8. The maximum atomic E-state index is 11.7. The molecule has 0 aliphatic carbocycles. The third kappa shape index (κ3) is 5.51. The predicted octanol–water partition coefficient (Wildman–Crippen LogP) is 0.441. The molecule has 104 valence electrons. The van der Waals surface area contributed by atoms with E-state index in [0.717, 1.165) is 0 Å². The van der Waals surface area contributed by atoms with E-state index in [1.54, 1.807) is 0 Å². The van der Waals surface area contributed by atoms with Gasteiger partial charge in [0.25, 0.3) is 5.78 Å². The Morgan fingerprint density at radius 1 is 0.778 bits per heavy atom. The largest absolute Gasteiger partial charge is 0.321 e. The van der Waals surface area contributed by atoms with Gasteiger partial charge in [0, 0.05) is 0 Å². The van der Waals surface area contributed by atoms with Crippen molar-refractivity contribution in [1.82, 2.24) is 0 Å².